The van der Waals surface area contributed by atoms with E-state index in [9.17, 15) is 9.90 Å². The third kappa shape index (κ3) is 1.15. The van der Waals surface area contributed by atoms with Crippen LogP contribution in [0.3, 0.4) is 0 Å². The molecule has 1 spiro atoms. The van der Waals surface area contributed by atoms with Gasteiger partial charge >= 0.3 is 5.97 Å². The van der Waals surface area contributed by atoms with Crippen LogP contribution in [0.1, 0.15) is 52.9 Å². The minimum Gasteiger partial charge on any atom is -0.481 e. The first-order valence-electron chi connectivity index (χ1n) is 7.14. The Hall–Kier alpha value is -0.530. The highest BCUT2D eigenvalue weighted by Gasteiger charge is 2.68. The number of carbonyl (C=O) groups is 1. The van der Waals surface area contributed by atoms with Crippen LogP contribution in [-0.4, -0.2) is 11.1 Å². The molecule has 0 aliphatic heterocycles. The van der Waals surface area contributed by atoms with E-state index in [4.69, 9.17) is 0 Å². The summed E-state index contributed by atoms with van der Waals surface area (Å²) in [4.78, 5) is 11.4. The van der Waals surface area contributed by atoms with Crippen molar-refractivity contribution in [3.8, 4) is 0 Å². The van der Waals surface area contributed by atoms with Crippen molar-refractivity contribution in [1.29, 1.82) is 0 Å². The van der Waals surface area contributed by atoms with Crippen LogP contribution >= 0.6 is 0 Å². The van der Waals surface area contributed by atoms with Gasteiger partial charge in [0.05, 0.1) is 5.92 Å². The third-order valence-electron chi connectivity index (χ3n) is 6.92. The smallest absolute Gasteiger partial charge is 0.306 e. The fraction of sp³-hybridized carbons (Fsp3) is 0.933. The van der Waals surface area contributed by atoms with Gasteiger partial charge in [-0.25, -0.2) is 0 Å². The number of hydrogen-bond acceptors (Lipinski definition) is 1. The minimum absolute atomic E-state index is 0.0557. The van der Waals surface area contributed by atoms with Gasteiger partial charge in [0.25, 0.3) is 0 Å². The summed E-state index contributed by atoms with van der Waals surface area (Å²) in [5.74, 6) is 1.34. The molecular weight excluding hydrogens is 212 g/mol. The average molecular weight is 236 g/mol. The molecule has 5 atom stereocenters. The Morgan fingerprint density at radius 3 is 2.59 bits per heavy atom. The van der Waals surface area contributed by atoms with Gasteiger partial charge in [0.2, 0.25) is 0 Å². The molecule has 3 rings (SSSR count). The largest absolute Gasteiger partial charge is 0.481 e. The van der Waals surface area contributed by atoms with E-state index >= 15 is 0 Å². The molecule has 2 bridgehead atoms. The summed E-state index contributed by atoms with van der Waals surface area (Å²) in [6.07, 6.45) is 5.88. The minimum atomic E-state index is -0.539. The Kier molecular flexibility index (Phi) is 2.22. The number of hydrogen-bond donors (Lipinski definition) is 1. The first-order valence-corrected chi connectivity index (χ1v) is 7.14. The van der Waals surface area contributed by atoms with E-state index in [1.807, 2.05) is 0 Å². The van der Waals surface area contributed by atoms with Gasteiger partial charge in [-0.05, 0) is 60.7 Å². The zero-order valence-electron chi connectivity index (χ0n) is 11.2. The highest BCUT2D eigenvalue weighted by atomic mass is 16.4. The van der Waals surface area contributed by atoms with E-state index in [-0.39, 0.29) is 5.92 Å². The van der Waals surface area contributed by atoms with Crippen molar-refractivity contribution in [3.05, 3.63) is 0 Å². The van der Waals surface area contributed by atoms with Crippen molar-refractivity contribution in [2.45, 2.75) is 52.9 Å². The van der Waals surface area contributed by atoms with Crippen LogP contribution in [0.25, 0.3) is 0 Å². The van der Waals surface area contributed by atoms with Crippen molar-refractivity contribution >= 4 is 5.97 Å². The van der Waals surface area contributed by atoms with Crippen LogP contribution in [-0.2, 0) is 4.79 Å². The maximum Gasteiger partial charge on any atom is 0.306 e. The Morgan fingerprint density at radius 1 is 1.24 bits per heavy atom. The van der Waals surface area contributed by atoms with Crippen molar-refractivity contribution in [1.82, 2.24) is 0 Å². The molecule has 2 unspecified atom stereocenters. The monoisotopic (exact) mass is 236 g/mol. The first kappa shape index (κ1) is 11.6. The highest BCUT2D eigenvalue weighted by Crippen LogP contribution is 2.74. The molecule has 3 aliphatic carbocycles. The predicted molar refractivity (Wildman–Crippen MR) is 66.6 cm³/mol. The van der Waals surface area contributed by atoms with Gasteiger partial charge in [0.15, 0.2) is 0 Å². The van der Waals surface area contributed by atoms with Crippen LogP contribution in [0.15, 0.2) is 0 Å². The van der Waals surface area contributed by atoms with Crippen molar-refractivity contribution in [2.24, 2.45) is 34.5 Å². The van der Waals surface area contributed by atoms with Gasteiger partial charge in [-0.1, -0.05) is 20.8 Å². The van der Waals surface area contributed by atoms with Crippen molar-refractivity contribution < 1.29 is 9.90 Å². The number of carboxylic acid groups (broad SMARTS) is 1. The number of carboxylic acids is 1. The molecule has 3 fully saturated rings. The summed E-state index contributed by atoms with van der Waals surface area (Å²) in [6.45, 7) is 7.20. The molecule has 96 valence electrons. The van der Waals surface area contributed by atoms with Gasteiger partial charge in [-0.3, -0.25) is 4.79 Å². The lowest BCUT2D eigenvalue weighted by Crippen LogP contribution is -2.46. The molecule has 2 nitrogen and oxygen atoms in total. The average Bonchev–Trinajstić information content (AvgIpc) is 2.65. The summed E-state index contributed by atoms with van der Waals surface area (Å²) in [6, 6.07) is 0. The van der Waals surface area contributed by atoms with Gasteiger partial charge < -0.3 is 5.11 Å². The molecule has 3 saturated carbocycles. The highest BCUT2D eigenvalue weighted by molar-refractivity contribution is 5.71. The van der Waals surface area contributed by atoms with Crippen LogP contribution in [0, 0.1) is 34.5 Å². The summed E-state index contributed by atoms with van der Waals surface area (Å²) >= 11 is 0. The summed E-state index contributed by atoms with van der Waals surface area (Å²) < 4.78 is 0. The number of fused-ring (bicyclic) bond motifs is 1. The second-order valence-electron chi connectivity index (χ2n) is 7.26. The van der Waals surface area contributed by atoms with Gasteiger partial charge in [0.1, 0.15) is 0 Å². The molecule has 0 saturated heterocycles. The fourth-order valence-corrected chi connectivity index (χ4v) is 6.03. The number of rotatable bonds is 1. The second kappa shape index (κ2) is 3.27. The molecule has 0 aromatic heterocycles. The lowest BCUT2D eigenvalue weighted by atomic mass is 9.52. The SMILES string of the molecule is C[C@@H]1CC[C@@H]2CC3C(C(=O)O)CC[C@@]31C2(C)C. The topological polar surface area (TPSA) is 37.3 Å². The predicted octanol–water partition coefficient (Wildman–Crippen LogP) is 3.56. The quantitative estimate of drug-likeness (QED) is 0.756. The molecule has 0 aromatic carbocycles. The molecular formula is C15H24O2. The summed E-state index contributed by atoms with van der Waals surface area (Å²) in [7, 11) is 0. The van der Waals surface area contributed by atoms with Crippen molar-refractivity contribution in [3.63, 3.8) is 0 Å². The molecule has 2 heteroatoms. The van der Waals surface area contributed by atoms with Crippen LogP contribution in [0.4, 0.5) is 0 Å². The van der Waals surface area contributed by atoms with Crippen LogP contribution in [0.5, 0.6) is 0 Å². The van der Waals surface area contributed by atoms with Crippen LogP contribution in [0.2, 0.25) is 0 Å². The number of aliphatic carboxylic acids is 1. The van der Waals surface area contributed by atoms with Gasteiger partial charge in [-0.2, -0.15) is 0 Å². The van der Waals surface area contributed by atoms with E-state index in [1.54, 1.807) is 0 Å². The Labute approximate surface area is 104 Å². The van der Waals surface area contributed by atoms with E-state index in [0.717, 1.165) is 18.8 Å². The molecule has 17 heavy (non-hydrogen) atoms. The lowest BCUT2D eigenvalue weighted by Gasteiger charge is -2.52. The summed E-state index contributed by atoms with van der Waals surface area (Å²) in [5.41, 5.74) is 0.693. The summed E-state index contributed by atoms with van der Waals surface area (Å²) in [5, 5.41) is 9.43. The Bertz CT molecular complexity index is 360. The maximum absolute atomic E-state index is 11.4. The van der Waals surface area contributed by atoms with Gasteiger partial charge in [-0.15, -0.1) is 0 Å². The molecule has 1 N–H and O–H groups in total. The maximum atomic E-state index is 11.4. The van der Waals surface area contributed by atoms with Crippen molar-refractivity contribution in [2.75, 3.05) is 0 Å². The van der Waals surface area contributed by atoms with E-state index in [2.05, 4.69) is 20.8 Å². The van der Waals surface area contributed by atoms with E-state index in [1.165, 1.54) is 19.3 Å². The third-order valence-corrected chi connectivity index (χ3v) is 6.92. The second-order valence-corrected chi connectivity index (χ2v) is 7.26. The standard InChI is InChI=1S/C15H24O2/c1-9-4-5-10-8-12-11(13(16)17)6-7-15(9,12)14(10,2)3/h9-12H,4-8H2,1-3H3,(H,16,17)/t9-,10-,11?,12?,15+/m1/s1. The zero-order valence-corrected chi connectivity index (χ0v) is 11.2. The zero-order chi connectivity index (χ0) is 12.4. The fourth-order valence-electron chi connectivity index (χ4n) is 6.03. The molecule has 3 aliphatic rings. The normalized spacial score (nSPS) is 51.2. The molecule has 0 amide bonds. The van der Waals surface area contributed by atoms with E-state index in [0.29, 0.717) is 22.7 Å². The first-order chi connectivity index (χ1) is 7.91. The molecule has 0 aromatic rings. The Morgan fingerprint density at radius 2 is 1.94 bits per heavy atom. The lowest BCUT2D eigenvalue weighted by molar-refractivity contribution is -0.144. The van der Waals surface area contributed by atoms with Gasteiger partial charge in [0, 0.05) is 0 Å². The van der Waals surface area contributed by atoms with Crippen LogP contribution < -0.4 is 0 Å². The molecule has 0 heterocycles. The molecule has 0 radical (unpaired) electrons. The van der Waals surface area contributed by atoms with E-state index < -0.39 is 5.97 Å². The Balaban J connectivity index is 2.06.